The molecule has 0 aromatic heterocycles. The van der Waals surface area contributed by atoms with Crippen molar-refractivity contribution < 1.29 is 19.1 Å². The summed E-state index contributed by atoms with van der Waals surface area (Å²) in [6, 6.07) is 17.7. The molecule has 0 amide bonds. The SMILES string of the molecule is CCOC(=O)CCCC1(CC2(CCC(=O)OCC)C3=CCC=C3c3ccccc32)C2=CCC=C(CC)C=C2c2ccccc21. The lowest BCUT2D eigenvalue weighted by molar-refractivity contribution is -0.144. The quantitative estimate of drug-likeness (QED) is 0.232. The van der Waals surface area contributed by atoms with E-state index >= 15 is 0 Å². The first-order valence-electron chi connectivity index (χ1n) is 16.5. The third-order valence-corrected chi connectivity index (χ3v) is 10.1. The fourth-order valence-corrected chi connectivity index (χ4v) is 8.39. The summed E-state index contributed by atoms with van der Waals surface area (Å²) in [4.78, 5) is 25.6. The van der Waals surface area contributed by atoms with E-state index in [4.69, 9.17) is 9.47 Å². The van der Waals surface area contributed by atoms with Crippen LogP contribution in [0.2, 0.25) is 0 Å². The van der Waals surface area contributed by atoms with E-state index < -0.39 is 0 Å². The van der Waals surface area contributed by atoms with Gasteiger partial charge >= 0.3 is 11.9 Å². The molecule has 2 atom stereocenters. The van der Waals surface area contributed by atoms with Crippen molar-refractivity contribution >= 4 is 23.1 Å². The molecule has 0 aliphatic heterocycles. The minimum Gasteiger partial charge on any atom is -0.466 e. The molecule has 2 aromatic carbocycles. The van der Waals surface area contributed by atoms with Crippen molar-refractivity contribution in [1.29, 1.82) is 0 Å². The highest BCUT2D eigenvalue weighted by Gasteiger charge is 2.55. The Labute approximate surface area is 262 Å². The molecule has 2 unspecified atom stereocenters. The van der Waals surface area contributed by atoms with Gasteiger partial charge in [-0.3, -0.25) is 9.59 Å². The van der Waals surface area contributed by atoms with Gasteiger partial charge in [0.15, 0.2) is 0 Å². The van der Waals surface area contributed by atoms with Crippen LogP contribution >= 0.6 is 0 Å². The third-order valence-electron chi connectivity index (χ3n) is 10.1. The monoisotopic (exact) mass is 588 g/mol. The van der Waals surface area contributed by atoms with Crippen LogP contribution in [0.3, 0.4) is 0 Å². The van der Waals surface area contributed by atoms with Crippen LogP contribution in [-0.2, 0) is 29.9 Å². The zero-order valence-corrected chi connectivity index (χ0v) is 26.4. The highest BCUT2D eigenvalue weighted by molar-refractivity contribution is 5.94. The number of hydrogen-bond acceptors (Lipinski definition) is 4. The Morgan fingerprint density at radius 1 is 0.682 bits per heavy atom. The molecule has 0 bridgehead atoms. The van der Waals surface area contributed by atoms with Gasteiger partial charge in [-0.15, -0.1) is 0 Å². The van der Waals surface area contributed by atoms with Crippen molar-refractivity contribution in [3.63, 3.8) is 0 Å². The van der Waals surface area contributed by atoms with Crippen molar-refractivity contribution in [2.75, 3.05) is 13.2 Å². The first kappa shape index (κ1) is 30.1. The van der Waals surface area contributed by atoms with E-state index in [-0.39, 0.29) is 22.8 Å². The fourth-order valence-electron chi connectivity index (χ4n) is 8.39. The molecule has 0 N–H and O–H groups in total. The van der Waals surface area contributed by atoms with Crippen LogP contribution in [0.25, 0.3) is 11.1 Å². The Kier molecular flexibility index (Phi) is 8.62. The van der Waals surface area contributed by atoms with Gasteiger partial charge in [0.05, 0.1) is 13.2 Å². The maximum absolute atomic E-state index is 13.0. The van der Waals surface area contributed by atoms with E-state index in [1.165, 1.54) is 50.1 Å². The van der Waals surface area contributed by atoms with Gasteiger partial charge in [-0.1, -0.05) is 91.4 Å². The van der Waals surface area contributed by atoms with Crippen molar-refractivity contribution in [2.45, 2.75) is 89.4 Å². The molecule has 0 heterocycles. The van der Waals surface area contributed by atoms with Crippen molar-refractivity contribution in [3.8, 4) is 0 Å². The first-order valence-corrected chi connectivity index (χ1v) is 16.5. The Hall–Kier alpha value is -3.92. The van der Waals surface area contributed by atoms with Gasteiger partial charge in [0, 0.05) is 23.7 Å². The summed E-state index contributed by atoms with van der Waals surface area (Å²) in [5, 5.41) is 0. The van der Waals surface area contributed by atoms with Crippen LogP contribution in [-0.4, -0.2) is 25.2 Å². The lowest BCUT2D eigenvalue weighted by atomic mass is 9.59. The second kappa shape index (κ2) is 12.6. The zero-order valence-electron chi connectivity index (χ0n) is 26.4. The van der Waals surface area contributed by atoms with Gasteiger partial charge in [-0.25, -0.2) is 0 Å². The standard InChI is InChI=1S/C40H44O4/c1-4-28-14-11-20-36-32(26-28)31-16-8-10-19-34(31)39(36,24-13-22-37(41)43-5-2)27-40(25-23-38(42)44-6-3)33-18-9-7-15-29(33)30-17-12-21-35(30)40/h7-10,14-21,26H,4-6,11-13,22-25,27H2,1-3H3. The number of ether oxygens (including phenoxy) is 2. The molecule has 0 spiro atoms. The second-order valence-electron chi connectivity index (χ2n) is 12.4. The Bertz CT molecular complexity index is 1620. The van der Waals surface area contributed by atoms with Gasteiger partial charge in [-0.2, -0.15) is 0 Å². The molecule has 4 aliphatic carbocycles. The second-order valence-corrected chi connectivity index (χ2v) is 12.4. The normalized spacial score (nSPS) is 22.8. The van der Waals surface area contributed by atoms with Crippen LogP contribution in [0.15, 0.2) is 95.6 Å². The van der Waals surface area contributed by atoms with E-state index in [0.29, 0.717) is 32.5 Å². The summed E-state index contributed by atoms with van der Waals surface area (Å²) in [5.41, 5.74) is 11.2. The van der Waals surface area contributed by atoms with Gasteiger partial charge in [-0.05, 0) is 103 Å². The number of hydrogen-bond donors (Lipinski definition) is 0. The average molecular weight is 589 g/mol. The smallest absolute Gasteiger partial charge is 0.305 e. The molecular weight excluding hydrogens is 544 g/mol. The highest BCUT2D eigenvalue weighted by atomic mass is 16.5. The summed E-state index contributed by atoms with van der Waals surface area (Å²) in [7, 11) is 0. The summed E-state index contributed by atoms with van der Waals surface area (Å²) in [6.45, 7) is 6.74. The maximum Gasteiger partial charge on any atom is 0.305 e. The van der Waals surface area contributed by atoms with Gasteiger partial charge in [0.25, 0.3) is 0 Å². The summed E-state index contributed by atoms with van der Waals surface area (Å²) >= 11 is 0. The third kappa shape index (κ3) is 5.12. The summed E-state index contributed by atoms with van der Waals surface area (Å²) in [6.07, 6.45) is 18.5. The van der Waals surface area contributed by atoms with Crippen molar-refractivity contribution in [2.24, 2.45) is 0 Å². The lowest BCUT2D eigenvalue weighted by Gasteiger charge is -2.43. The largest absolute Gasteiger partial charge is 0.466 e. The van der Waals surface area contributed by atoms with E-state index in [1.807, 2.05) is 13.8 Å². The predicted molar refractivity (Wildman–Crippen MR) is 177 cm³/mol. The molecule has 0 fully saturated rings. The molecule has 4 nitrogen and oxygen atoms in total. The Morgan fingerprint density at radius 3 is 1.91 bits per heavy atom. The van der Waals surface area contributed by atoms with Crippen LogP contribution in [0, 0.1) is 0 Å². The van der Waals surface area contributed by atoms with E-state index in [9.17, 15) is 9.59 Å². The molecular formula is C40H44O4. The number of benzene rings is 2. The lowest BCUT2D eigenvalue weighted by Crippen LogP contribution is -2.38. The first-order chi connectivity index (χ1) is 21.5. The molecule has 4 aliphatic rings. The van der Waals surface area contributed by atoms with Crippen LogP contribution < -0.4 is 0 Å². The molecule has 44 heavy (non-hydrogen) atoms. The molecule has 0 radical (unpaired) electrons. The molecule has 6 rings (SSSR count). The van der Waals surface area contributed by atoms with E-state index in [2.05, 4.69) is 85.8 Å². The maximum atomic E-state index is 13.0. The summed E-state index contributed by atoms with van der Waals surface area (Å²) in [5.74, 6) is -0.281. The molecule has 0 saturated heterocycles. The summed E-state index contributed by atoms with van der Waals surface area (Å²) < 4.78 is 10.9. The number of carbonyl (C=O) groups excluding carboxylic acids is 2. The topological polar surface area (TPSA) is 52.6 Å². The highest BCUT2D eigenvalue weighted by Crippen LogP contribution is 2.64. The average Bonchev–Trinajstić information content (AvgIpc) is 3.62. The van der Waals surface area contributed by atoms with E-state index in [0.717, 1.165) is 38.5 Å². The van der Waals surface area contributed by atoms with Crippen molar-refractivity contribution in [3.05, 3.63) is 118 Å². The number of carbonyl (C=O) groups is 2. The fraction of sp³-hybridized carbons (Fsp3) is 0.400. The molecule has 228 valence electrons. The van der Waals surface area contributed by atoms with Gasteiger partial charge in [0.2, 0.25) is 0 Å². The number of allylic oxidation sites excluding steroid dienone is 10. The van der Waals surface area contributed by atoms with E-state index in [1.54, 1.807) is 0 Å². The molecule has 4 heteroatoms. The predicted octanol–water partition coefficient (Wildman–Crippen LogP) is 9.12. The Balaban J connectivity index is 1.54. The van der Waals surface area contributed by atoms with Crippen LogP contribution in [0.1, 0.15) is 101 Å². The molecule has 0 saturated carbocycles. The van der Waals surface area contributed by atoms with Crippen LogP contribution in [0.4, 0.5) is 0 Å². The minimum absolute atomic E-state index is 0.138. The van der Waals surface area contributed by atoms with Gasteiger partial charge < -0.3 is 9.47 Å². The number of rotatable bonds is 12. The minimum atomic E-state index is -0.369. The Morgan fingerprint density at radius 2 is 1.25 bits per heavy atom. The number of esters is 2. The number of fused-ring (bicyclic) bond motifs is 6. The zero-order chi connectivity index (χ0) is 30.7. The van der Waals surface area contributed by atoms with Crippen molar-refractivity contribution in [1.82, 2.24) is 0 Å². The molecule has 2 aromatic rings. The van der Waals surface area contributed by atoms with Gasteiger partial charge in [0.1, 0.15) is 0 Å². The van der Waals surface area contributed by atoms with Crippen LogP contribution in [0.5, 0.6) is 0 Å².